The van der Waals surface area contributed by atoms with Gasteiger partial charge in [-0.2, -0.15) is 0 Å². The number of quaternary nitrogens is 1. The molecule has 0 aromatic heterocycles. The molecule has 4 heteroatoms. The molecule has 0 spiro atoms. The van der Waals surface area contributed by atoms with Crippen molar-refractivity contribution in [2.24, 2.45) is 0 Å². The van der Waals surface area contributed by atoms with Crippen molar-refractivity contribution in [3.8, 4) is 11.5 Å². The van der Waals surface area contributed by atoms with Gasteiger partial charge in [-0.3, -0.25) is 0 Å². The summed E-state index contributed by atoms with van der Waals surface area (Å²) in [6.07, 6.45) is 2.22. The molecule has 0 fully saturated rings. The maximum atomic E-state index is 5.62. The van der Waals surface area contributed by atoms with Gasteiger partial charge in [0.1, 0.15) is 18.0 Å². The van der Waals surface area contributed by atoms with Gasteiger partial charge in [-0.1, -0.05) is 36.4 Å². The number of likely N-dealkylation sites (N-methyl/N-ethyl adjacent to an activating group) is 1. The Balaban J connectivity index is 0.00000338. The van der Waals surface area contributed by atoms with Gasteiger partial charge in [-0.05, 0) is 32.1 Å². The number of hydrogen-bond acceptors (Lipinski definition) is 2. The topological polar surface area (TPSA) is 18.5 Å². The lowest BCUT2D eigenvalue weighted by Crippen LogP contribution is -3.00. The number of ether oxygens (including phenoxy) is 2. The quantitative estimate of drug-likeness (QED) is 0.502. The number of hydrogen-bond donors (Lipinski definition) is 0. The molecule has 0 saturated carbocycles. The molecular weight excluding hydrogens is 390 g/mol. The molecular formula is C22H30BrNO2. The van der Waals surface area contributed by atoms with E-state index in [2.05, 4.69) is 52.2 Å². The summed E-state index contributed by atoms with van der Waals surface area (Å²) in [4.78, 5) is 0. The van der Waals surface area contributed by atoms with E-state index in [0.29, 0.717) is 6.04 Å². The Hall–Kier alpha value is -1.78. The second kappa shape index (κ2) is 9.79. The molecule has 0 atom stereocenters. The summed E-state index contributed by atoms with van der Waals surface area (Å²) in [6.45, 7) is 5.40. The summed E-state index contributed by atoms with van der Waals surface area (Å²) in [5.41, 5.74) is 3.44. The lowest BCUT2D eigenvalue weighted by atomic mass is 9.99. The minimum atomic E-state index is 0. The standard InChI is InChI=1S/C22H30NO2.BrH/c1-17(2)23(3,4)16-19(20-12-8-10-14-22(20)25-6)15-18-11-7-9-13-21(18)24-5;/h7-15,17H,16H2,1-6H3;1H/q+1;/p-1. The maximum Gasteiger partial charge on any atom is 0.126 e. The molecule has 0 bridgehead atoms. The van der Waals surface area contributed by atoms with Gasteiger partial charge in [0, 0.05) is 16.7 Å². The van der Waals surface area contributed by atoms with Crippen molar-refractivity contribution in [2.45, 2.75) is 19.9 Å². The van der Waals surface area contributed by atoms with Crippen molar-refractivity contribution < 1.29 is 30.9 Å². The van der Waals surface area contributed by atoms with E-state index in [1.54, 1.807) is 14.2 Å². The van der Waals surface area contributed by atoms with Gasteiger partial charge < -0.3 is 30.9 Å². The van der Waals surface area contributed by atoms with Gasteiger partial charge in [-0.25, -0.2) is 0 Å². The predicted octanol–water partition coefficient (Wildman–Crippen LogP) is 1.73. The molecule has 2 aromatic carbocycles. The average molecular weight is 420 g/mol. The van der Waals surface area contributed by atoms with Crippen molar-refractivity contribution in [3.05, 3.63) is 59.7 Å². The zero-order valence-corrected chi connectivity index (χ0v) is 18.2. The van der Waals surface area contributed by atoms with Crippen LogP contribution in [0.15, 0.2) is 48.5 Å². The van der Waals surface area contributed by atoms with E-state index < -0.39 is 0 Å². The van der Waals surface area contributed by atoms with Crippen LogP contribution >= 0.6 is 0 Å². The normalized spacial score (nSPS) is 11.9. The summed E-state index contributed by atoms with van der Waals surface area (Å²) in [5, 5.41) is 0. The zero-order chi connectivity index (χ0) is 18.4. The molecule has 0 N–H and O–H groups in total. The van der Waals surface area contributed by atoms with E-state index in [1.165, 1.54) is 5.57 Å². The summed E-state index contributed by atoms with van der Waals surface area (Å²) < 4.78 is 12.0. The van der Waals surface area contributed by atoms with Crippen LogP contribution in [0.1, 0.15) is 25.0 Å². The molecule has 3 nitrogen and oxygen atoms in total. The van der Waals surface area contributed by atoms with Crippen LogP contribution < -0.4 is 26.5 Å². The summed E-state index contributed by atoms with van der Waals surface area (Å²) in [6, 6.07) is 16.8. The minimum Gasteiger partial charge on any atom is -1.00 e. The smallest absolute Gasteiger partial charge is 0.126 e. The molecule has 0 heterocycles. The fourth-order valence-electron chi connectivity index (χ4n) is 2.71. The van der Waals surface area contributed by atoms with Crippen LogP contribution in [0.25, 0.3) is 11.6 Å². The third-order valence-electron chi connectivity index (χ3n) is 4.90. The van der Waals surface area contributed by atoms with Crippen molar-refractivity contribution in [1.82, 2.24) is 0 Å². The van der Waals surface area contributed by atoms with Crippen molar-refractivity contribution in [1.29, 1.82) is 0 Å². The van der Waals surface area contributed by atoms with Crippen LogP contribution in [-0.4, -0.2) is 45.4 Å². The highest BCUT2D eigenvalue weighted by atomic mass is 79.9. The van der Waals surface area contributed by atoms with Gasteiger partial charge in [0.2, 0.25) is 0 Å². The first-order valence-electron chi connectivity index (χ1n) is 8.68. The largest absolute Gasteiger partial charge is 1.00 e. The van der Waals surface area contributed by atoms with E-state index in [9.17, 15) is 0 Å². The Labute approximate surface area is 168 Å². The number of halogens is 1. The monoisotopic (exact) mass is 419 g/mol. The first kappa shape index (κ1) is 22.3. The van der Waals surface area contributed by atoms with Gasteiger partial charge in [0.25, 0.3) is 0 Å². The fourth-order valence-corrected chi connectivity index (χ4v) is 2.71. The fraction of sp³-hybridized carbons (Fsp3) is 0.364. The highest BCUT2D eigenvalue weighted by Crippen LogP contribution is 2.31. The molecule has 26 heavy (non-hydrogen) atoms. The maximum absolute atomic E-state index is 5.62. The second-order valence-electron chi connectivity index (χ2n) is 7.14. The second-order valence-corrected chi connectivity index (χ2v) is 7.14. The van der Waals surface area contributed by atoms with E-state index in [0.717, 1.165) is 33.7 Å². The van der Waals surface area contributed by atoms with E-state index in [1.807, 2.05) is 30.3 Å². The Kier molecular flexibility index (Phi) is 8.38. The SMILES string of the molecule is COc1ccccc1C=C(C[N+](C)(C)C(C)C)c1ccccc1OC.[Br-]. The number of methoxy groups -OCH3 is 2. The first-order valence-corrected chi connectivity index (χ1v) is 8.68. The van der Waals surface area contributed by atoms with Crippen LogP contribution in [0.2, 0.25) is 0 Å². The molecule has 0 aliphatic heterocycles. The molecule has 142 valence electrons. The van der Waals surface area contributed by atoms with Crippen LogP contribution in [0.5, 0.6) is 11.5 Å². The average Bonchev–Trinajstić information content (AvgIpc) is 2.61. The number of nitrogens with zero attached hydrogens (tertiary/aromatic N) is 1. The molecule has 0 amide bonds. The summed E-state index contributed by atoms with van der Waals surface area (Å²) in [5.74, 6) is 1.78. The number of para-hydroxylation sites is 2. The van der Waals surface area contributed by atoms with Crippen molar-refractivity contribution >= 4 is 11.6 Å². The third kappa shape index (κ3) is 5.36. The highest BCUT2D eigenvalue weighted by molar-refractivity contribution is 5.85. The Bertz CT molecular complexity index is 738. The Morgan fingerprint density at radius 2 is 1.46 bits per heavy atom. The zero-order valence-electron chi connectivity index (χ0n) is 16.6. The van der Waals surface area contributed by atoms with Crippen molar-refractivity contribution in [2.75, 3.05) is 34.9 Å². The van der Waals surface area contributed by atoms with E-state index >= 15 is 0 Å². The minimum absolute atomic E-state index is 0. The molecule has 0 aliphatic carbocycles. The van der Waals surface area contributed by atoms with Gasteiger partial charge in [0.05, 0.1) is 34.4 Å². The molecule has 0 unspecified atom stereocenters. The Morgan fingerprint density at radius 1 is 0.923 bits per heavy atom. The summed E-state index contributed by atoms with van der Waals surface area (Å²) >= 11 is 0. The highest BCUT2D eigenvalue weighted by Gasteiger charge is 2.24. The molecule has 0 saturated heterocycles. The molecule has 0 radical (unpaired) electrons. The van der Waals surface area contributed by atoms with Crippen LogP contribution in [0, 0.1) is 0 Å². The van der Waals surface area contributed by atoms with E-state index in [-0.39, 0.29) is 17.0 Å². The van der Waals surface area contributed by atoms with Crippen LogP contribution in [-0.2, 0) is 0 Å². The van der Waals surface area contributed by atoms with Crippen LogP contribution in [0.3, 0.4) is 0 Å². The number of rotatable bonds is 7. The van der Waals surface area contributed by atoms with Crippen molar-refractivity contribution in [3.63, 3.8) is 0 Å². The number of benzene rings is 2. The molecule has 0 aliphatic rings. The Morgan fingerprint density at radius 3 is 2.04 bits per heavy atom. The third-order valence-corrected chi connectivity index (χ3v) is 4.90. The van der Waals surface area contributed by atoms with Gasteiger partial charge in [0.15, 0.2) is 0 Å². The van der Waals surface area contributed by atoms with Gasteiger partial charge >= 0.3 is 0 Å². The lowest BCUT2D eigenvalue weighted by Gasteiger charge is -2.35. The lowest BCUT2D eigenvalue weighted by molar-refractivity contribution is -0.903. The predicted molar refractivity (Wildman–Crippen MR) is 106 cm³/mol. The summed E-state index contributed by atoms with van der Waals surface area (Å²) in [7, 11) is 7.96. The van der Waals surface area contributed by atoms with Crippen LogP contribution in [0.4, 0.5) is 0 Å². The first-order chi connectivity index (χ1) is 11.9. The molecule has 2 aromatic rings. The van der Waals surface area contributed by atoms with E-state index in [4.69, 9.17) is 9.47 Å². The molecule has 2 rings (SSSR count). The van der Waals surface area contributed by atoms with Gasteiger partial charge in [-0.15, -0.1) is 0 Å².